The SMILES string of the molecule is CC(O)c1cccc(NC(=O)NC(C)C2CCOCC2)c1. The number of hydrogen-bond donors (Lipinski definition) is 3. The van der Waals surface area contributed by atoms with Crippen molar-refractivity contribution in [3.05, 3.63) is 29.8 Å². The molecule has 2 amide bonds. The van der Waals surface area contributed by atoms with Gasteiger partial charge >= 0.3 is 6.03 Å². The molecule has 0 bridgehead atoms. The molecule has 0 saturated carbocycles. The van der Waals surface area contributed by atoms with E-state index < -0.39 is 6.10 Å². The topological polar surface area (TPSA) is 70.6 Å². The van der Waals surface area contributed by atoms with Crippen LogP contribution in [-0.4, -0.2) is 30.4 Å². The molecule has 2 unspecified atom stereocenters. The minimum absolute atomic E-state index is 0.119. The molecule has 2 atom stereocenters. The fourth-order valence-corrected chi connectivity index (χ4v) is 2.58. The second-order valence-corrected chi connectivity index (χ2v) is 5.64. The summed E-state index contributed by atoms with van der Waals surface area (Å²) in [6.45, 7) is 5.28. The number of aliphatic hydroxyl groups is 1. The van der Waals surface area contributed by atoms with Crippen LogP contribution in [0.1, 0.15) is 38.4 Å². The Hall–Kier alpha value is -1.59. The quantitative estimate of drug-likeness (QED) is 0.799. The van der Waals surface area contributed by atoms with Gasteiger partial charge in [-0.25, -0.2) is 4.79 Å². The molecule has 1 saturated heterocycles. The van der Waals surface area contributed by atoms with E-state index in [0.717, 1.165) is 31.6 Å². The van der Waals surface area contributed by atoms with Crippen LogP contribution >= 0.6 is 0 Å². The van der Waals surface area contributed by atoms with Crippen LogP contribution in [0.25, 0.3) is 0 Å². The van der Waals surface area contributed by atoms with E-state index in [-0.39, 0.29) is 12.1 Å². The van der Waals surface area contributed by atoms with Gasteiger partial charge in [0.1, 0.15) is 0 Å². The molecule has 5 nitrogen and oxygen atoms in total. The van der Waals surface area contributed by atoms with Crippen molar-refractivity contribution in [2.24, 2.45) is 5.92 Å². The summed E-state index contributed by atoms with van der Waals surface area (Å²) in [7, 11) is 0. The standard InChI is InChI=1S/C16H24N2O3/c1-11(13-6-8-21-9-7-13)17-16(20)18-15-5-3-4-14(10-15)12(2)19/h3-5,10-13,19H,6-9H2,1-2H3,(H2,17,18,20). The highest BCUT2D eigenvalue weighted by Crippen LogP contribution is 2.19. The van der Waals surface area contributed by atoms with Gasteiger partial charge in [0.15, 0.2) is 0 Å². The van der Waals surface area contributed by atoms with Crippen molar-refractivity contribution in [1.29, 1.82) is 0 Å². The van der Waals surface area contributed by atoms with Crippen LogP contribution in [0.2, 0.25) is 0 Å². The average molecular weight is 292 g/mol. The first-order valence-corrected chi connectivity index (χ1v) is 7.49. The number of carbonyl (C=O) groups excluding carboxylic acids is 1. The maximum absolute atomic E-state index is 12.0. The number of urea groups is 1. The molecule has 1 fully saturated rings. The highest BCUT2D eigenvalue weighted by Gasteiger charge is 2.21. The van der Waals surface area contributed by atoms with Crippen LogP contribution in [0.5, 0.6) is 0 Å². The molecule has 116 valence electrons. The average Bonchev–Trinajstić information content (AvgIpc) is 2.48. The van der Waals surface area contributed by atoms with Crippen molar-refractivity contribution in [2.45, 2.75) is 38.8 Å². The minimum Gasteiger partial charge on any atom is -0.389 e. The third-order valence-electron chi connectivity index (χ3n) is 3.96. The highest BCUT2D eigenvalue weighted by molar-refractivity contribution is 5.89. The number of anilines is 1. The van der Waals surface area contributed by atoms with E-state index in [9.17, 15) is 9.90 Å². The van der Waals surface area contributed by atoms with Crippen molar-refractivity contribution < 1.29 is 14.6 Å². The first-order chi connectivity index (χ1) is 10.1. The zero-order chi connectivity index (χ0) is 15.2. The summed E-state index contributed by atoms with van der Waals surface area (Å²) in [6, 6.07) is 7.15. The Morgan fingerprint density at radius 1 is 1.33 bits per heavy atom. The number of carbonyl (C=O) groups is 1. The lowest BCUT2D eigenvalue weighted by molar-refractivity contribution is 0.0573. The maximum Gasteiger partial charge on any atom is 0.319 e. The number of ether oxygens (including phenoxy) is 1. The molecule has 1 aliphatic heterocycles. The van der Waals surface area contributed by atoms with E-state index in [1.807, 2.05) is 25.1 Å². The van der Waals surface area contributed by atoms with E-state index in [2.05, 4.69) is 10.6 Å². The zero-order valence-electron chi connectivity index (χ0n) is 12.6. The molecule has 0 spiro atoms. The molecule has 0 aromatic heterocycles. The van der Waals surface area contributed by atoms with Gasteiger partial charge in [-0.2, -0.15) is 0 Å². The molecule has 1 aliphatic rings. The van der Waals surface area contributed by atoms with Gasteiger partial charge in [-0.15, -0.1) is 0 Å². The predicted molar refractivity (Wildman–Crippen MR) is 82.2 cm³/mol. The number of amides is 2. The number of benzene rings is 1. The molecule has 0 radical (unpaired) electrons. The normalized spacial score (nSPS) is 18.8. The molecule has 1 aromatic rings. The van der Waals surface area contributed by atoms with Crippen molar-refractivity contribution in [3.8, 4) is 0 Å². The predicted octanol–water partition coefficient (Wildman–Crippen LogP) is 2.68. The summed E-state index contributed by atoms with van der Waals surface area (Å²) in [5.41, 5.74) is 1.47. The van der Waals surface area contributed by atoms with Gasteiger partial charge in [-0.3, -0.25) is 0 Å². The van der Waals surface area contributed by atoms with Crippen molar-refractivity contribution >= 4 is 11.7 Å². The van der Waals surface area contributed by atoms with Gasteiger partial charge in [-0.1, -0.05) is 12.1 Å². The van der Waals surface area contributed by atoms with Gasteiger partial charge < -0.3 is 20.5 Å². The minimum atomic E-state index is -0.545. The lowest BCUT2D eigenvalue weighted by Gasteiger charge is -2.28. The summed E-state index contributed by atoms with van der Waals surface area (Å²) < 4.78 is 5.33. The van der Waals surface area contributed by atoms with Crippen LogP contribution in [0.4, 0.5) is 10.5 Å². The fraction of sp³-hybridized carbons (Fsp3) is 0.562. The Morgan fingerprint density at radius 2 is 2.05 bits per heavy atom. The monoisotopic (exact) mass is 292 g/mol. The van der Waals surface area contributed by atoms with E-state index in [4.69, 9.17) is 4.74 Å². The molecular formula is C16H24N2O3. The number of rotatable bonds is 4. The van der Waals surface area contributed by atoms with E-state index >= 15 is 0 Å². The van der Waals surface area contributed by atoms with Crippen LogP contribution in [0, 0.1) is 5.92 Å². The largest absolute Gasteiger partial charge is 0.389 e. The number of hydrogen-bond acceptors (Lipinski definition) is 3. The third-order valence-corrected chi connectivity index (χ3v) is 3.96. The summed E-state index contributed by atoms with van der Waals surface area (Å²) in [6.07, 6.45) is 1.42. The Balaban J connectivity index is 1.87. The summed E-state index contributed by atoms with van der Waals surface area (Å²) in [4.78, 5) is 12.0. The van der Waals surface area contributed by atoms with Crippen LogP contribution in [0.3, 0.4) is 0 Å². The first kappa shape index (κ1) is 15.8. The van der Waals surface area contributed by atoms with E-state index in [1.165, 1.54) is 0 Å². The summed E-state index contributed by atoms with van der Waals surface area (Å²) in [5, 5.41) is 15.4. The Morgan fingerprint density at radius 3 is 2.71 bits per heavy atom. The molecule has 1 aromatic carbocycles. The molecule has 3 N–H and O–H groups in total. The summed E-state index contributed by atoms with van der Waals surface area (Å²) >= 11 is 0. The smallest absolute Gasteiger partial charge is 0.319 e. The van der Waals surface area contributed by atoms with Crippen LogP contribution in [-0.2, 0) is 4.74 Å². The molecule has 1 heterocycles. The van der Waals surface area contributed by atoms with E-state index in [0.29, 0.717) is 11.6 Å². The van der Waals surface area contributed by atoms with Crippen molar-refractivity contribution in [1.82, 2.24) is 5.32 Å². The van der Waals surface area contributed by atoms with Gasteiger partial charge in [-0.05, 0) is 50.3 Å². The molecule has 0 aliphatic carbocycles. The molecule has 21 heavy (non-hydrogen) atoms. The van der Waals surface area contributed by atoms with Crippen LogP contribution < -0.4 is 10.6 Å². The lowest BCUT2D eigenvalue weighted by Crippen LogP contribution is -2.42. The molecule has 5 heteroatoms. The fourth-order valence-electron chi connectivity index (χ4n) is 2.58. The Bertz CT molecular complexity index is 470. The zero-order valence-corrected chi connectivity index (χ0v) is 12.6. The number of aliphatic hydroxyl groups excluding tert-OH is 1. The van der Waals surface area contributed by atoms with Crippen LogP contribution in [0.15, 0.2) is 24.3 Å². The second kappa shape index (κ2) is 7.43. The highest BCUT2D eigenvalue weighted by atomic mass is 16.5. The molecule has 2 rings (SSSR count). The van der Waals surface area contributed by atoms with Gasteiger partial charge in [0.2, 0.25) is 0 Å². The van der Waals surface area contributed by atoms with Crippen molar-refractivity contribution in [2.75, 3.05) is 18.5 Å². The lowest BCUT2D eigenvalue weighted by atomic mass is 9.93. The van der Waals surface area contributed by atoms with Gasteiger partial charge in [0, 0.05) is 24.9 Å². The Kier molecular flexibility index (Phi) is 5.59. The second-order valence-electron chi connectivity index (χ2n) is 5.64. The van der Waals surface area contributed by atoms with Gasteiger partial charge in [0.05, 0.1) is 6.10 Å². The summed E-state index contributed by atoms with van der Waals surface area (Å²) in [5.74, 6) is 0.466. The van der Waals surface area contributed by atoms with E-state index in [1.54, 1.807) is 13.0 Å². The van der Waals surface area contributed by atoms with Gasteiger partial charge in [0.25, 0.3) is 0 Å². The number of nitrogens with one attached hydrogen (secondary N) is 2. The Labute approximate surface area is 125 Å². The maximum atomic E-state index is 12.0. The first-order valence-electron chi connectivity index (χ1n) is 7.49. The third kappa shape index (κ3) is 4.72. The van der Waals surface area contributed by atoms with Crippen molar-refractivity contribution in [3.63, 3.8) is 0 Å². The molecular weight excluding hydrogens is 268 g/mol.